The van der Waals surface area contributed by atoms with Crippen LogP contribution in [0.5, 0.6) is 0 Å². The minimum atomic E-state index is 0.266. The zero-order valence-corrected chi connectivity index (χ0v) is 15.1. The van der Waals surface area contributed by atoms with Gasteiger partial charge in [0, 0.05) is 15.0 Å². The van der Waals surface area contributed by atoms with Crippen molar-refractivity contribution in [2.45, 2.75) is 32.7 Å². The molecule has 0 saturated carbocycles. The Morgan fingerprint density at radius 1 is 0.850 bits per heavy atom. The Balaban J connectivity index is 2.15. The summed E-state index contributed by atoms with van der Waals surface area (Å²) < 4.78 is 2.15. The third kappa shape index (κ3) is 3.86. The highest BCUT2D eigenvalue weighted by Crippen LogP contribution is 2.29. The van der Waals surface area contributed by atoms with Gasteiger partial charge >= 0.3 is 0 Å². The normalized spacial score (nSPS) is 12.5. The van der Waals surface area contributed by atoms with Crippen molar-refractivity contribution in [2.24, 2.45) is 0 Å². The van der Waals surface area contributed by atoms with Crippen molar-refractivity contribution in [2.75, 3.05) is 5.32 Å². The van der Waals surface area contributed by atoms with Crippen molar-refractivity contribution < 1.29 is 0 Å². The Hall–Kier alpha value is -0.800. The summed E-state index contributed by atoms with van der Waals surface area (Å²) in [5.74, 6) is 0.575. The molecule has 2 rings (SSSR count). The van der Waals surface area contributed by atoms with Crippen LogP contribution in [-0.2, 0) is 0 Å². The fourth-order valence-corrected chi connectivity index (χ4v) is 2.82. The van der Waals surface area contributed by atoms with Crippen LogP contribution in [-0.4, -0.2) is 0 Å². The largest absolute Gasteiger partial charge is 0.378 e. The van der Waals surface area contributed by atoms with Crippen molar-refractivity contribution in [3.63, 3.8) is 0 Å². The van der Waals surface area contributed by atoms with E-state index in [1.54, 1.807) is 0 Å². The van der Waals surface area contributed by atoms with Crippen LogP contribution in [0.3, 0.4) is 0 Å². The number of hydrogen-bond acceptors (Lipinski definition) is 1. The third-order valence-electron chi connectivity index (χ3n) is 3.40. The maximum Gasteiger partial charge on any atom is 0.0500 e. The first-order chi connectivity index (χ1) is 9.47. The van der Waals surface area contributed by atoms with Gasteiger partial charge in [0.2, 0.25) is 0 Å². The predicted molar refractivity (Wildman–Crippen MR) is 94.4 cm³/mol. The van der Waals surface area contributed by atoms with Crippen LogP contribution in [0.4, 0.5) is 5.69 Å². The molecule has 0 radical (unpaired) electrons. The van der Waals surface area contributed by atoms with E-state index < -0.39 is 0 Å². The lowest BCUT2D eigenvalue weighted by molar-refractivity contribution is 0.851. The standard InChI is InChI=1S/C17H19Br2N/c1-11(2)13-4-6-14(7-5-13)12(3)20-17-10-15(18)8-9-16(17)19/h4-12,20H,1-3H3. The molecule has 0 heterocycles. The zero-order valence-electron chi connectivity index (χ0n) is 12.0. The lowest BCUT2D eigenvalue weighted by atomic mass is 9.99. The van der Waals surface area contributed by atoms with E-state index in [0.717, 1.165) is 14.6 Å². The average molecular weight is 397 g/mol. The highest BCUT2D eigenvalue weighted by Gasteiger charge is 2.08. The summed E-state index contributed by atoms with van der Waals surface area (Å²) in [5, 5.41) is 3.54. The van der Waals surface area contributed by atoms with Crippen molar-refractivity contribution in [1.82, 2.24) is 0 Å². The van der Waals surface area contributed by atoms with Crippen molar-refractivity contribution in [1.29, 1.82) is 0 Å². The van der Waals surface area contributed by atoms with Crippen LogP contribution in [0.25, 0.3) is 0 Å². The molecule has 0 bridgehead atoms. The van der Waals surface area contributed by atoms with Crippen LogP contribution in [0.1, 0.15) is 43.9 Å². The van der Waals surface area contributed by atoms with Gasteiger partial charge in [-0.2, -0.15) is 0 Å². The van der Waals surface area contributed by atoms with Gasteiger partial charge in [0.25, 0.3) is 0 Å². The Bertz CT molecular complexity index is 576. The lowest BCUT2D eigenvalue weighted by Gasteiger charge is -2.18. The van der Waals surface area contributed by atoms with E-state index in [4.69, 9.17) is 0 Å². The topological polar surface area (TPSA) is 12.0 Å². The molecule has 1 N–H and O–H groups in total. The maximum absolute atomic E-state index is 3.58. The quantitative estimate of drug-likeness (QED) is 0.621. The first-order valence-corrected chi connectivity index (χ1v) is 8.37. The summed E-state index contributed by atoms with van der Waals surface area (Å²) in [6.45, 7) is 6.61. The van der Waals surface area contributed by atoms with Gasteiger partial charge < -0.3 is 5.32 Å². The molecule has 2 aromatic rings. The molecule has 3 heteroatoms. The fraction of sp³-hybridized carbons (Fsp3) is 0.294. The molecule has 0 aliphatic heterocycles. The average Bonchev–Trinajstić information content (AvgIpc) is 2.43. The molecule has 106 valence electrons. The molecule has 0 aromatic heterocycles. The van der Waals surface area contributed by atoms with Gasteiger partial charge in [-0.25, -0.2) is 0 Å². The van der Waals surface area contributed by atoms with Gasteiger partial charge in [-0.05, 0) is 58.1 Å². The van der Waals surface area contributed by atoms with E-state index in [-0.39, 0.29) is 6.04 Å². The Labute approximate surface area is 138 Å². The molecule has 0 aliphatic carbocycles. The van der Waals surface area contributed by atoms with Crippen LogP contribution >= 0.6 is 31.9 Å². The molecule has 20 heavy (non-hydrogen) atoms. The molecule has 0 spiro atoms. The SMILES string of the molecule is CC(C)c1ccc(C(C)Nc2cc(Br)ccc2Br)cc1. The van der Waals surface area contributed by atoms with E-state index in [9.17, 15) is 0 Å². The first kappa shape index (κ1) is 15.6. The van der Waals surface area contributed by atoms with E-state index in [0.29, 0.717) is 5.92 Å². The molecule has 0 fully saturated rings. The summed E-state index contributed by atoms with van der Waals surface area (Å²) in [6, 6.07) is 15.3. The molecule has 1 atom stereocenters. The molecule has 0 aliphatic rings. The van der Waals surface area contributed by atoms with E-state index in [1.165, 1.54) is 11.1 Å². The van der Waals surface area contributed by atoms with Gasteiger partial charge in [-0.15, -0.1) is 0 Å². The smallest absolute Gasteiger partial charge is 0.0500 e. The molecule has 0 saturated heterocycles. The van der Waals surface area contributed by atoms with E-state index >= 15 is 0 Å². The summed E-state index contributed by atoms with van der Waals surface area (Å²) in [7, 11) is 0. The van der Waals surface area contributed by atoms with Gasteiger partial charge in [-0.3, -0.25) is 0 Å². The first-order valence-electron chi connectivity index (χ1n) is 6.79. The monoisotopic (exact) mass is 395 g/mol. The number of benzene rings is 2. The minimum Gasteiger partial charge on any atom is -0.378 e. The van der Waals surface area contributed by atoms with Crippen molar-refractivity contribution in [3.05, 3.63) is 62.5 Å². The van der Waals surface area contributed by atoms with Crippen molar-refractivity contribution >= 4 is 37.5 Å². The number of halogens is 2. The minimum absolute atomic E-state index is 0.266. The summed E-state index contributed by atoms with van der Waals surface area (Å²) in [4.78, 5) is 0. The maximum atomic E-state index is 3.58. The number of anilines is 1. The second-order valence-corrected chi connectivity index (χ2v) is 7.08. The Morgan fingerprint density at radius 2 is 1.45 bits per heavy atom. The van der Waals surface area contributed by atoms with Crippen molar-refractivity contribution in [3.8, 4) is 0 Å². The van der Waals surface area contributed by atoms with Gasteiger partial charge in [0.15, 0.2) is 0 Å². The van der Waals surface area contributed by atoms with Gasteiger partial charge in [0.05, 0.1) is 5.69 Å². The van der Waals surface area contributed by atoms with Crippen LogP contribution in [0.2, 0.25) is 0 Å². The summed E-state index contributed by atoms with van der Waals surface area (Å²) >= 11 is 7.09. The second-order valence-electron chi connectivity index (χ2n) is 5.31. The molecular weight excluding hydrogens is 378 g/mol. The summed E-state index contributed by atoms with van der Waals surface area (Å²) in [6.07, 6.45) is 0. The lowest BCUT2D eigenvalue weighted by Crippen LogP contribution is -2.07. The van der Waals surface area contributed by atoms with Crippen LogP contribution < -0.4 is 5.32 Å². The fourth-order valence-electron chi connectivity index (χ4n) is 2.09. The number of nitrogens with one attached hydrogen (secondary N) is 1. The van der Waals surface area contributed by atoms with E-state index in [1.807, 2.05) is 12.1 Å². The van der Waals surface area contributed by atoms with Gasteiger partial charge in [-0.1, -0.05) is 54.0 Å². The van der Waals surface area contributed by atoms with Crippen LogP contribution in [0.15, 0.2) is 51.4 Å². The molecule has 1 unspecified atom stereocenters. The van der Waals surface area contributed by atoms with Crippen LogP contribution in [0, 0.1) is 0 Å². The summed E-state index contributed by atoms with van der Waals surface area (Å²) in [5.41, 5.74) is 3.77. The highest BCUT2D eigenvalue weighted by atomic mass is 79.9. The molecule has 0 amide bonds. The number of hydrogen-bond donors (Lipinski definition) is 1. The molecule has 2 aromatic carbocycles. The zero-order chi connectivity index (χ0) is 14.7. The highest BCUT2D eigenvalue weighted by molar-refractivity contribution is 9.11. The number of rotatable bonds is 4. The van der Waals surface area contributed by atoms with Gasteiger partial charge in [0.1, 0.15) is 0 Å². The Morgan fingerprint density at radius 3 is 2.05 bits per heavy atom. The Kier molecular flexibility index (Phi) is 5.28. The predicted octanol–water partition coefficient (Wildman–Crippen LogP) is 6.51. The third-order valence-corrected chi connectivity index (χ3v) is 4.59. The van der Waals surface area contributed by atoms with E-state index in [2.05, 4.69) is 88.3 Å². The molecular formula is C17H19Br2N. The molecule has 1 nitrogen and oxygen atoms in total. The second kappa shape index (κ2) is 6.77.